The third-order valence-electron chi connectivity index (χ3n) is 3.37. The van der Waals surface area contributed by atoms with Crippen LogP contribution in [0, 0.1) is 0 Å². The summed E-state index contributed by atoms with van der Waals surface area (Å²) in [5.74, 6) is 0.274. The minimum Gasteiger partial charge on any atom is -0.481 e. The molecule has 104 valence electrons. The fourth-order valence-corrected chi connectivity index (χ4v) is 2.36. The number of aliphatic carboxylic acids is 1. The first kappa shape index (κ1) is 13.7. The molecule has 6 nitrogen and oxygen atoms in total. The number of carboxylic acids is 1. The highest BCUT2D eigenvalue weighted by atomic mass is 16.4. The molecule has 1 atom stereocenters. The molecule has 1 fully saturated rings. The van der Waals surface area contributed by atoms with Gasteiger partial charge in [-0.15, -0.1) is 5.10 Å². The van der Waals surface area contributed by atoms with Crippen LogP contribution in [0.15, 0.2) is 12.1 Å². The third kappa shape index (κ3) is 4.17. The molecule has 1 unspecified atom stereocenters. The first-order chi connectivity index (χ1) is 9.15. The molecule has 0 bridgehead atoms. The lowest BCUT2D eigenvalue weighted by Gasteiger charge is -2.28. The standard InChI is InChI=1S/C13H20N4O2/c1-17-8-2-3-10(9-17)11-4-5-12(16-15-11)14-7-6-13(18)19/h4-5,10H,2-3,6-9H2,1H3,(H,14,16)(H,18,19). The van der Waals surface area contributed by atoms with E-state index >= 15 is 0 Å². The predicted octanol–water partition coefficient (Wildman–Crippen LogP) is 1.17. The van der Waals surface area contributed by atoms with Gasteiger partial charge in [0.15, 0.2) is 0 Å². The number of hydrogen-bond acceptors (Lipinski definition) is 5. The third-order valence-corrected chi connectivity index (χ3v) is 3.37. The Morgan fingerprint density at radius 2 is 2.37 bits per heavy atom. The highest BCUT2D eigenvalue weighted by molar-refractivity contribution is 5.67. The number of anilines is 1. The molecule has 0 saturated carbocycles. The van der Waals surface area contributed by atoms with Crippen LogP contribution in [-0.2, 0) is 4.79 Å². The molecule has 0 amide bonds. The van der Waals surface area contributed by atoms with Crippen molar-refractivity contribution < 1.29 is 9.90 Å². The number of likely N-dealkylation sites (N-methyl/N-ethyl adjacent to an activating group) is 1. The van der Waals surface area contributed by atoms with Gasteiger partial charge in [-0.05, 0) is 38.6 Å². The number of likely N-dealkylation sites (tertiary alicyclic amines) is 1. The fraction of sp³-hybridized carbons (Fsp3) is 0.615. The van der Waals surface area contributed by atoms with Gasteiger partial charge < -0.3 is 15.3 Å². The second-order valence-electron chi connectivity index (χ2n) is 5.02. The van der Waals surface area contributed by atoms with Gasteiger partial charge in [-0.1, -0.05) is 0 Å². The lowest BCUT2D eigenvalue weighted by molar-refractivity contribution is -0.136. The monoisotopic (exact) mass is 264 g/mol. The number of carboxylic acid groups (broad SMARTS) is 1. The second kappa shape index (κ2) is 6.47. The molecule has 19 heavy (non-hydrogen) atoms. The topological polar surface area (TPSA) is 78.4 Å². The minimum absolute atomic E-state index is 0.0802. The largest absolute Gasteiger partial charge is 0.481 e. The summed E-state index contributed by atoms with van der Waals surface area (Å²) in [6.45, 7) is 2.55. The van der Waals surface area contributed by atoms with Crippen LogP contribution in [0.1, 0.15) is 30.9 Å². The zero-order valence-corrected chi connectivity index (χ0v) is 11.2. The Kier molecular flexibility index (Phi) is 4.68. The van der Waals surface area contributed by atoms with Gasteiger partial charge >= 0.3 is 5.97 Å². The van der Waals surface area contributed by atoms with E-state index in [2.05, 4.69) is 27.5 Å². The summed E-state index contributed by atoms with van der Waals surface area (Å²) < 4.78 is 0. The second-order valence-corrected chi connectivity index (χ2v) is 5.02. The average molecular weight is 264 g/mol. The van der Waals surface area contributed by atoms with Crippen molar-refractivity contribution in [3.63, 3.8) is 0 Å². The maximum atomic E-state index is 10.4. The molecule has 0 aromatic carbocycles. The van der Waals surface area contributed by atoms with Gasteiger partial charge in [-0.25, -0.2) is 0 Å². The van der Waals surface area contributed by atoms with Gasteiger partial charge in [0.1, 0.15) is 5.82 Å². The number of hydrogen-bond donors (Lipinski definition) is 2. The van der Waals surface area contributed by atoms with E-state index in [-0.39, 0.29) is 6.42 Å². The molecule has 6 heteroatoms. The highest BCUT2D eigenvalue weighted by Crippen LogP contribution is 2.24. The van der Waals surface area contributed by atoms with E-state index in [4.69, 9.17) is 5.11 Å². The van der Waals surface area contributed by atoms with Crippen molar-refractivity contribution in [2.75, 3.05) is 32.0 Å². The lowest BCUT2D eigenvalue weighted by Crippen LogP contribution is -2.31. The molecule has 0 aliphatic carbocycles. The van der Waals surface area contributed by atoms with E-state index in [0.29, 0.717) is 18.3 Å². The van der Waals surface area contributed by atoms with Crippen molar-refractivity contribution in [2.24, 2.45) is 0 Å². The first-order valence-corrected chi connectivity index (χ1v) is 6.63. The zero-order chi connectivity index (χ0) is 13.7. The van der Waals surface area contributed by atoms with Crippen LogP contribution >= 0.6 is 0 Å². The van der Waals surface area contributed by atoms with Gasteiger partial charge in [-0.2, -0.15) is 5.10 Å². The van der Waals surface area contributed by atoms with E-state index in [1.54, 1.807) is 0 Å². The summed E-state index contributed by atoms with van der Waals surface area (Å²) in [4.78, 5) is 12.7. The van der Waals surface area contributed by atoms with Crippen LogP contribution < -0.4 is 5.32 Å². The Hall–Kier alpha value is -1.69. The fourth-order valence-electron chi connectivity index (χ4n) is 2.36. The van der Waals surface area contributed by atoms with Crippen LogP contribution in [0.2, 0.25) is 0 Å². The molecule has 2 heterocycles. The van der Waals surface area contributed by atoms with Crippen LogP contribution in [0.25, 0.3) is 0 Å². The SMILES string of the molecule is CN1CCCC(c2ccc(NCCC(=O)O)nn2)C1. The number of nitrogens with zero attached hydrogens (tertiary/aromatic N) is 3. The van der Waals surface area contributed by atoms with E-state index in [1.807, 2.05) is 12.1 Å². The van der Waals surface area contributed by atoms with E-state index < -0.39 is 5.97 Å². The Balaban J connectivity index is 1.88. The Morgan fingerprint density at radius 1 is 1.53 bits per heavy atom. The molecule has 1 aliphatic rings. The normalized spacial score (nSPS) is 20.2. The van der Waals surface area contributed by atoms with E-state index in [1.165, 1.54) is 6.42 Å². The quantitative estimate of drug-likeness (QED) is 0.831. The van der Waals surface area contributed by atoms with Gasteiger partial charge in [0.05, 0.1) is 12.1 Å². The van der Waals surface area contributed by atoms with Crippen molar-refractivity contribution in [1.29, 1.82) is 0 Å². The summed E-state index contributed by atoms with van der Waals surface area (Å²) in [7, 11) is 2.13. The molecule has 1 aromatic rings. The Morgan fingerprint density at radius 3 is 3.00 bits per heavy atom. The zero-order valence-electron chi connectivity index (χ0n) is 11.2. The molecule has 1 aliphatic heterocycles. The Bertz CT molecular complexity index is 421. The molecular formula is C13H20N4O2. The van der Waals surface area contributed by atoms with Crippen LogP contribution in [0.3, 0.4) is 0 Å². The van der Waals surface area contributed by atoms with Gasteiger partial charge in [0, 0.05) is 19.0 Å². The summed E-state index contributed by atoms with van der Waals surface area (Å²) >= 11 is 0. The first-order valence-electron chi connectivity index (χ1n) is 6.63. The summed E-state index contributed by atoms with van der Waals surface area (Å²) in [5, 5.41) is 19.9. The van der Waals surface area contributed by atoms with Gasteiger partial charge in [0.2, 0.25) is 0 Å². The van der Waals surface area contributed by atoms with Crippen molar-refractivity contribution in [3.05, 3.63) is 17.8 Å². The summed E-state index contributed by atoms with van der Waals surface area (Å²) in [6, 6.07) is 3.86. The van der Waals surface area contributed by atoms with E-state index in [0.717, 1.165) is 25.2 Å². The summed E-state index contributed by atoms with van der Waals surface area (Å²) in [6.07, 6.45) is 2.43. The molecule has 1 saturated heterocycles. The number of nitrogens with one attached hydrogen (secondary N) is 1. The smallest absolute Gasteiger partial charge is 0.305 e. The van der Waals surface area contributed by atoms with Crippen molar-refractivity contribution in [3.8, 4) is 0 Å². The maximum absolute atomic E-state index is 10.4. The molecule has 0 spiro atoms. The van der Waals surface area contributed by atoms with Gasteiger partial charge in [-0.3, -0.25) is 4.79 Å². The highest BCUT2D eigenvalue weighted by Gasteiger charge is 2.20. The molecular weight excluding hydrogens is 244 g/mol. The lowest BCUT2D eigenvalue weighted by atomic mass is 9.95. The molecule has 1 aromatic heterocycles. The number of aromatic nitrogens is 2. The van der Waals surface area contributed by atoms with E-state index in [9.17, 15) is 4.79 Å². The van der Waals surface area contributed by atoms with Crippen molar-refractivity contribution in [2.45, 2.75) is 25.2 Å². The average Bonchev–Trinajstić information content (AvgIpc) is 2.39. The minimum atomic E-state index is -0.817. The number of rotatable bonds is 5. The maximum Gasteiger partial charge on any atom is 0.305 e. The molecule has 2 N–H and O–H groups in total. The van der Waals surface area contributed by atoms with Crippen LogP contribution in [0.4, 0.5) is 5.82 Å². The van der Waals surface area contributed by atoms with Crippen molar-refractivity contribution in [1.82, 2.24) is 15.1 Å². The number of carbonyl (C=O) groups is 1. The van der Waals surface area contributed by atoms with Crippen LogP contribution in [0.5, 0.6) is 0 Å². The van der Waals surface area contributed by atoms with Crippen molar-refractivity contribution >= 4 is 11.8 Å². The molecule has 0 radical (unpaired) electrons. The number of piperidine rings is 1. The van der Waals surface area contributed by atoms with Crippen LogP contribution in [-0.4, -0.2) is 52.9 Å². The summed E-state index contributed by atoms with van der Waals surface area (Å²) in [5.41, 5.74) is 1.02. The predicted molar refractivity (Wildman–Crippen MR) is 72.2 cm³/mol. The molecule has 2 rings (SSSR count). The Labute approximate surface area is 112 Å². The van der Waals surface area contributed by atoms with Gasteiger partial charge in [0.25, 0.3) is 0 Å².